The van der Waals surface area contributed by atoms with Gasteiger partial charge < -0.3 is 20.4 Å². The van der Waals surface area contributed by atoms with Crippen LogP contribution >= 0.6 is 0 Å². The third kappa shape index (κ3) is 3.60. The molecule has 1 aliphatic rings. The van der Waals surface area contributed by atoms with Crippen molar-refractivity contribution in [2.24, 2.45) is 0 Å². The van der Waals surface area contributed by atoms with Crippen LogP contribution in [-0.4, -0.2) is 60.5 Å². The Balaban J connectivity index is 2.17. The van der Waals surface area contributed by atoms with Gasteiger partial charge in [0.05, 0.1) is 12.7 Å². The number of hydrogen-bond donors (Lipinski definition) is 3. The number of nitrogens with zero attached hydrogens (tertiary/aromatic N) is 1. The number of piperidine rings is 1. The fourth-order valence-electron chi connectivity index (χ4n) is 1.76. The van der Waals surface area contributed by atoms with Crippen molar-refractivity contribution in [2.75, 3.05) is 33.3 Å². The van der Waals surface area contributed by atoms with Gasteiger partial charge >= 0.3 is 0 Å². The summed E-state index contributed by atoms with van der Waals surface area (Å²) >= 11 is 0. The summed E-state index contributed by atoms with van der Waals surface area (Å²) in [6, 6.07) is 0.627. The first-order chi connectivity index (χ1) is 6.26. The lowest BCUT2D eigenvalue weighted by molar-refractivity contribution is 0.0503. The Morgan fingerprint density at radius 2 is 2.08 bits per heavy atom. The van der Waals surface area contributed by atoms with Crippen molar-refractivity contribution in [1.82, 2.24) is 10.2 Å². The Morgan fingerprint density at radius 1 is 1.46 bits per heavy atom. The van der Waals surface area contributed by atoms with Crippen LogP contribution in [0.1, 0.15) is 12.8 Å². The molecule has 0 saturated carbocycles. The molecule has 13 heavy (non-hydrogen) atoms. The Labute approximate surface area is 79.6 Å². The normalized spacial score (nSPS) is 23.3. The molecule has 0 amide bonds. The molecular weight excluding hydrogens is 168 g/mol. The number of nitrogens with one attached hydrogen (secondary N) is 1. The van der Waals surface area contributed by atoms with Crippen molar-refractivity contribution in [2.45, 2.75) is 25.0 Å². The molecule has 1 heterocycles. The lowest BCUT2D eigenvalue weighted by Gasteiger charge is -2.32. The molecule has 4 heteroatoms. The largest absolute Gasteiger partial charge is 0.394 e. The fraction of sp³-hybridized carbons (Fsp3) is 1.00. The average Bonchev–Trinajstić information content (AvgIpc) is 2.19. The van der Waals surface area contributed by atoms with Crippen LogP contribution in [-0.2, 0) is 0 Å². The highest BCUT2D eigenvalue weighted by molar-refractivity contribution is 4.77. The zero-order valence-electron chi connectivity index (χ0n) is 8.24. The quantitative estimate of drug-likeness (QED) is 0.531. The number of hydrogen-bond acceptors (Lipinski definition) is 4. The molecule has 4 nitrogen and oxygen atoms in total. The molecule has 3 N–H and O–H groups in total. The molecule has 0 aromatic carbocycles. The molecule has 1 fully saturated rings. The molecule has 1 unspecified atom stereocenters. The van der Waals surface area contributed by atoms with Crippen molar-refractivity contribution < 1.29 is 10.2 Å². The average molecular weight is 188 g/mol. The first-order valence-electron chi connectivity index (χ1n) is 4.94. The fourth-order valence-corrected chi connectivity index (χ4v) is 1.76. The lowest BCUT2D eigenvalue weighted by atomic mass is 10.1. The molecule has 0 aromatic heterocycles. The van der Waals surface area contributed by atoms with Crippen molar-refractivity contribution in [3.63, 3.8) is 0 Å². The summed E-state index contributed by atoms with van der Waals surface area (Å²) in [7, 11) is 1.99. The van der Waals surface area contributed by atoms with Crippen LogP contribution in [0.2, 0.25) is 0 Å². The summed E-state index contributed by atoms with van der Waals surface area (Å²) in [5, 5.41) is 21.2. The van der Waals surface area contributed by atoms with E-state index < -0.39 is 6.10 Å². The second-order valence-electron chi connectivity index (χ2n) is 3.70. The van der Waals surface area contributed by atoms with E-state index in [-0.39, 0.29) is 6.61 Å². The number of rotatable bonds is 4. The Hall–Kier alpha value is -0.160. The van der Waals surface area contributed by atoms with Gasteiger partial charge in [-0.15, -0.1) is 0 Å². The molecule has 0 bridgehead atoms. The molecule has 1 aliphatic heterocycles. The predicted octanol–water partition coefficient (Wildman–Crippen LogP) is -0.977. The van der Waals surface area contributed by atoms with Gasteiger partial charge in [-0.2, -0.15) is 0 Å². The van der Waals surface area contributed by atoms with Crippen molar-refractivity contribution >= 4 is 0 Å². The van der Waals surface area contributed by atoms with E-state index in [0.29, 0.717) is 12.6 Å². The van der Waals surface area contributed by atoms with E-state index in [0.717, 1.165) is 25.9 Å². The van der Waals surface area contributed by atoms with Crippen LogP contribution in [0, 0.1) is 0 Å². The molecule has 78 valence electrons. The summed E-state index contributed by atoms with van der Waals surface area (Å²) in [5.41, 5.74) is 0. The minimum atomic E-state index is -0.578. The first kappa shape index (κ1) is 10.9. The third-order valence-electron chi connectivity index (χ3n) is 2.68. The summed E-state index contributed by atoms with van der Waals surface area (Å²) in [4.78, 5) is 2.20. The standard InChI is InChI=1S/C9H20N2O2/c1-10-8-2-4-11(5-3-8)6-9(13)7-12/h8-10,12-13H,2-7H2,1H3. The van der Waals surface area contributed by atoms with E-state index in [9.17, 15) is 5.11 Å². The predicted molar refractivity (Wildman–Crippen MR) is 51.6 cm³/mol. The Morgan fingerprint density at radius 3 is 2.54 bits per heavy atom. The van der Waals surface area contributed by atoms with Gasteiger partial charge in [0.15, 0.2) is 0 Å². The topological polar surface area (TPSA) is 55.7 Å². The van der Waals surface area contributed by atoms with Crippen LogP contribution in [0.25, 0.3) is 0 Å². The van der Waals surface area contributed by atoms with E-state index in [1.165, 1.54) is 0 Å². The Kier molecular flexibility index (Phi) is 4.66. The molecule has 0 aliphatic carbocycles. The lowest BCUT2D eigenvalue weighted by Crippen LogP contribution is -2.44. The van der Waals surface area contributed by atoms with Crippen LogP contribution in [0.3, 0.4) is 0 Å². The van der Waals surface area contributed by atoms with Gasteiger partial charge in [-0.3, -0.25) is 0 Å². The maximum atomic E-state index is 9.23. The molecule has 1 saturated heterocycles. The summed E-state index contributed by atoms with van der Waals surface area (Å²) < 4.78 is 0. The number of aliphatic hydroxyl groups is 2. The van der Waals surface area contributed by atoms with Crippen LogP contribution < -0.4 is 5.32 Å². The minimum Gasteiger partial charge on any atom is -0.394 e. The van der Waals surface area contributed by atoms with E-state index in [2.05, 4.69) is 10.2 Å². The maximum Gasteiger partial charge on any atom is 0.0897 e. The first-order valence-corrected chi connectivity index (χ1v) is 4.94. The molecule has 0 spiro atoms. The van der Waals surface area contributed by atoms with Gasteiger partial charge in [-0.05, 0) is 33.0 Å². The van der Waals surface area contributed by atoms with Crippen molar-refractivity contribution in [3.05, 3.63) is 0 Å². The summed E-state index contributed by atoms with van der Waals surface area (Å²) in [6.45, 7) is 2.50. The third-order valence-corrected chi connectivity index (χ3v) is 2.68. The highest BCUT2D eigenvalue weighted by atomic mass is 16.3. The van der Waals surface area contributed by atoms with Gasteiger partial charge in [-0.1, -0.05) is 0 Å². The van der Waals surface area contributed by atoms with Gasteiger partial charge in [0, 0.05) is 12.6 Å². The van der Waals surface area contributed by atoms with E-state index >= 15 is 0 Å². The van der Waals surface area contributed by atoms with Crippen molar-refractivity contribution in [3.8, 4) is 0 Å². The van der Waals surface area contributed by atoms with Gasteiger partial charge in [0.2, 0.25) is 0 Å². The summed E-state index contributed by atoms with van der Waals surface area (Å²) in [6.07, 6.45) is 1.69. The monoisotopic (exact) mass is 188 g/mol. The van der Waals surface area contributed by atoms with Gasteiger partial charge in [-0.25, -0.2) is 0 Å². The molecule has 1 atom stereocenters. The molecule has 0 aromatic rings. The van der Waals surface area contributed by atoms with Crippen LogP contribution in [0.5, 0.6) is 0 Å². The summed E-state index contributed by atoms with van der Waals surface area (Å²) in [5.74, 6) is 0. The SMILES string of the molecule is CNC1CCN(CC(O)CO)CC1. The van der Waals surface area contributed by atoms with Crippen molar-refractivity contribution in [1.29, 1.82) is 0 Å². The van der Waals surface area contributed by atoms with Gasteiger partial charge in [0.1, 0.15) is 0 Å². The van der Waals surface area contributed by atoms with Crippen LogP contribution in [0.4, 0.5) is 0 Å². The van der Waals surface area contributed by atoms with E-state index in [1.54, 1.807) is 0 Å². The molecular formula is C9H20N2O2. The Bertz CT molecular complexity index is 136. The van der Waals surface area contributed by atoms with E-state index in [4.69, 9.17) is 5.11 Å². The number of β-amino-alcohol motifs (C(OH)–C–C–N with tert-alkyl or cyclic N) is 1. The highest BCUT2D eigenvalue weighted by Crippen LogP contribution is 2.09. The molecule has 1 rings (SSSR count). The highest BCUT2D eigenvalue weighted by Gasteiger charge is 2.19. The second kappa shape index (κ2) is 5.54. The smallest absolute Gasteiger partial charge is 0.0897 e. The number of aliphatic hydroxyl groups excluding tert-OH is 2. The zero-order chi connectivity index (χ0) is 9.68. The zero-order valence-corrected chi connectivity index (χ0v) is 8.24. The van der Waals surface area contributed by atoms with Crippen LogP contribution in [0.15, 0.2) is 0 Å². The maximum absolute atomic E-state index is 9.23. The second-order valence-corrected chi connectivity index (χ2v) is 3.70. The van der Waals surface area contributed by atoms with Gasteiger partial charge in [0.25, 0.3) is 0 Å². The minimum absolute atomic E-state index is 0.133. The number of likely N-dealkylation sites (tertiary alicyclic amines) is 1. The molecule has 0 radical (unpaired) electrons. The van der Waals surface area contributed by atoms with E-state index in [1.807, 2.05) is 7.05 Å².